The summed E-state index contributed by atoms with van der Waals surface area (Å²) in [7, 11) is 1.64. The summed E-state index contributed by atoms with van der Waals surface area (Å²) in [5.74, 6) is 0.727. The third-order valence-electron chi connectivity index (χ3n) is 6.17. The molecule has 0 radical (unpaired) electrons. The van der Waals surface area contributed by atoms with Gasteiger partial charge >= 0.3 is 0 Å². The van der Waals surface area contributed by atoms with Crippen LogP contribution in [0, 0.1) is 5.82 Å². The van der Waals surface area contributed by atoms with E-state index < -0.39 is 0 Å². The first-order chi connectivity index (χ1) is 17.5. The number of methoxy groups -OCH3 is 1. The quantitative estimate of drug-likeness (QED) is 0.355. The lowest BCUT2D eigenvalue weighted by molar-refractivity contribution is -0.128. The van der Waals surface area contributed by atoms with Gasteiger partial charge in [-0.25, -0.2) is 4.39 Å². The number of carbonyl (C=O) groups is 1. The topological polar surface area (TPSA) is 85.0 Å². The molecule has 1 amide bonds. The number of halogens is 1. The van der Waals surface area contributed by atoms with Crippen molar-refractivity contribution < 1.29 is 13.9 Å². The predicted octanol–water partition coefficient (Wildman–Crippen LogP) is 2.53. The summed E-state index contributed by atoms with van der Waals surface area (Å²) in [5.41, 5.74) is 1.79. The highest BCUT2D eigenvalue weighted by Crippen LogP contribution is 2.21. The van der Waals surface area contributed by atoms with E-state index in [1.807, 2.05) is 29.2 Å². The van der Waals surface area contributed by atoms with E-state index in [-0.39, 0.29) is 28.7 Å². The molecule has 4 aromatic rings. The summed E-state index contributed by atoms with van der Waals surface area (Å²) in [5, 5.41) is 8.65. The first kappa shape index (κ1) is 23.9. The second-order valence-corrected chi connectivity index (χ2v) is 9.33. The molecule has 0 saturated carbocycles. The number of ether oxygens (including phenoxy) is 1. The maximum atomic E-state index is 13.1. The van der Waals surface area contributed by atoms with Crippen LogP contribution in [0.25, 0.3) is 5.65 Å². The van der Waals surface area contributed by atoms with E-state index in [4.69, 9.17) is 4.74 Å². The average molecular weight is 509 g/mol. The highest BCUT2D eigenvalue weighted by Gasteiger charge is 2.22. The molecule has 1 saturated heterocycles. The smallest absolute Gasteiger partial charge is 0.296 e. The number of benzene rings is 2. The minimum atomic E-state index is -0.325. The highest BCUT2D eigenvalue weighted by molar-refractivity contribution is 7.99. The molecule has 9 nitrogen and oxygen atoms in total. The molecule has 0 unspecified atom stereocenters. The maximum Gasteiger partial charge on any atom is 0.296 e. The Morgan fingerprint density at radius 2 is 1.72 bits per heavy atom. The Labute approximate surface area is 211 Å². The zero-order valence-electron chi connectivity index (χ0n) is 19.7. The Kier molecular flexibility index (Phi) is 6.90. The van der Waals surface area contributed by atoms with Crippen molar-refractivity contribution in [3.63, 3.8) is 0 Å². The van der Waals surface area contributed by atoms with Gasteiger partial charge in [-0.15, -0.1) is 10.2 Å². The lowest BCUT2D eigenvalue weighted by Gasteiger charge is -2.36. The number of piperazine rings is 1. The van der Waals surface area contributed by atoms with Gasteiger partial charge in [0, 0.05) is 44.3 Å². The van der Waals surface area contributed by atoms with Crippen LogP contribution in [-0.4, -0.2) is 69.0 Å². The van der Waals surface area contributed by atoms with Crippen LogP contribution in [0.5, 0.6) is 5.75 Å². The van der Waals surface area contributed by atoms with Gasteiger partial charge in [0.05, 0.1) is 19.4 Å². The van der Waals surface area contributed by atoms with E-state index in [0.29, 0.717) is 24.8 Å². The van der Waals surface area contributed by atoms with E-state index in [0.717, 1.165) is 30.1 Å². The standard InChI is InChI=1S/C25H25FN6O3S/c1-35-21-8-6-20(7-9-21)29-10-12-30(13-11-29)22(33)17-36-25-28-27-23-24(34)31(14-15-32(23)25)16-18-2-4-19(26)5-3-18/h2-9,14-15H,10-13,16-17H2,1H3. The van der Waals surface area contributed by atoms with Crippen molar-refractivity contribution in [2.75, 3.05) is 43.9 Å². The van der Waals surface area contributed by atoms with Gasteiger partial charge in [-0.05, 0) is 42.0 Å². The fourth-order valence-corrected chi connectivity index (χ4v) is 4.95. The number of amides is 1. The van der Waals surface area contributed by atoms with Crippen molar-refractivity contribution in [1.29, 1.82) is 0 Å². The van der Waals surface area contributed by atoms with E-state index in [9.17, 15) is 14.0 Å². The van der Waals surface area contributed by atoms with E-state index in [1.165, 1.54) is 28.5 Å². The van der Waals surface area contributed by atoms with Gasteiger partial charge in [0.25, 0.3) is 5.56 Å². The molecule has 1 fully saturated rings. The Morgan fingerprint density at radius 1 is 1.00 bits per heavy atom. The van der Waals surface area contributed by atoms with Crippen LogP contribution >= 0.6 is 11.8 Å². The van der Waals surface area contributed by atoms with Crippen LogP contribution in [0.1, 0.15) is 5.56 Å². The molecule has 0 atom stereocenters. The van der Waals surface area contributed by atoms with Crippen LogP contribution in [0.15, 0.2) is 70.9 Å². The van der Waals surface area contributed by atoms with Crippen molar-refractivity contribution in [2.45, 2.75) is 11.7 Å². The highest BCUT2D eigenvalue weighted by atomic mass is 32.2. The molecule has 0 N–H and O–H groups in total. The zero-order valence-corrected chi connectivity index (χ0v) is 20.5. The van der Waals surface area contributed by atoms with Crippen LogP contribution in [0.4, 0.5) is 10.1 Å². The zero-order chi connectivity index (χ0) is 25.1. The van der Waals surface area contributed by atoms with E-state index in [1.54, 1.807) is 36.0 Å². The Hall–Kier alpha value is -3.86. The van der Waals surface area contributed by atoms with Crippen LogP contribution < -0.4 is 15.2 Å². The Bertz CT molecular complexity index is 1410. The van der Waals surface area contributed by atoms with Crippen LogP contribution in [0.2, 0.25) is 0 Å². The fourth-order valence-electron chi connectivity index (χ4n) is 4.13. The second kappa shape index (κ2) is 10.4. The molecule has 1 aliphatic heterocycles. The molecule has 186 valence electrons. The predicted molar refractivity (Wildman–Crippen MR) is 135 cm³/mol. The number of hydrogen-bond acceptors (Lipinski definition) is 7. The molecule has 0 bridgehead atoms. The van der Waals surface area contributed by atoms with Crippen molar-refractivity contribution in [3.05, 3.63) is 82.7 Å². The van der Waals surface area contributed by atoms with Crippen molar-refractivity contribution in [1.82, 2.24) is 24.1 Å². The monoisotopic (exact) mass is 508 g/mol. The number of aromatic nitrogens is 4. The first-order valence-corrected chi connectivity index (χ1v) is 12.5. The molecular formula is C25H25FN6O3S. The summed E-state index contributed by atoms with van der Waals surface area (Å²) < 4.78 is 21.5. The molecule has 5 rings (SSSR count). The molecule has 0 spiro atoms. The lowest BCUT2D eigenvalue weighted by Crippen LogP contribution is -2.49. The summed E-state index contributed by atoms with van der Waals surface area (Å²) in [6, 6.07) is 13.9. The molecule has 11 heteroatoms. The largest absolute Gasteiger partial charge is 0.497 e. The van der Waals surface area contributed by atoms with E-state index in [2.05, 4.69) is 15.1 Å². The normalized spacial score (nSPS) is 13.8. The number of carbonyl (C=O) groups excluding carboxylic acids is 1. The summed E-state index contributed by atoms with van der Waals surface area (Å²) in [6.07, 6.45) is 3.35. The summed E-state index contributed by atoms with van der Waals surface area (Å²) in [6.45, 7) is 3.08. The lowest BCUT2D eigenvalue weighted by atomic mass is 10.2. The molecule has 0 aliphatic carbocycles. The third kappa shape index (κ3) is 5.06. The number of anilines is 1. The second-order valence-electron chi connectivity index (χ2n) is 8.39. The van der Waals surface area contributed by atoms with Crippen molar-refractivity contribution in [3.8, 4) is 5.75 Å². The van der Waals surface area contributed by atoms with Crippen molar-refractivity contribution >= 4 is 29.0 Å². The van der Waals surface area contributed by atoms with Gasteiger partial charge in [0.15, 0.2) is 5.16 Å². The number of nitrogens with zero attached hydrogens (tertiary/aromatic N) is 6. The molecule has 2 aromatic heterocycles. The number of fused-ring (bicyclic) bond motifs is 1. The van der Waals surface area contributed by atoms with E-state index >= 15 is 0 Å². The molecule has 2 aromatic carbocycles. The van der Waals surface area contributed by atoms with Crippen LogP contribution in [-0.2, 0) is 11.3 Å². The van der Waals surface area contributed by atoms with Gasteiger partial charge in [-0.2, -0.15) is 0 Å². The Morgan fingerprint density at radius 3 is 2.42 bits per heavy atom. The Balaban J connectivity index is 1.18. The molecule has 36 heavy (non-hydrogen) atoms. The minimum Gasteiger partial charge on any atom is -0.497 e. The van der Waals surface area contributed by atoms with Crippen LogP contribution in [0.3, 0.4) is 0 Å². The molecular weight excluding hydrogens is 483 g/mol. The SMILES string of the molecule is COc1ccc(N2CCN(C(=O)CSc3nnc4c(=O)n(Cc5ccc(F)cc5)ccn34)CC2)cc1. The van der Waals surface area contributed by atoms with Gasteiger partial charge in [0.1, 0.15) is 11.6 Å². The van der Waals surface area contributed by atoms with Gasteiger partial charge < -0.3 is 19.1 Å². The van der Waals surface area contributed by atoms with Crippen molar-refractivity contribution in [2.24, 2.45) is 0 Å². The first-order valence-electron chi connectivity index (χ1n) is 11.5. The third-order valence-corrected chi connectivity index (χ3v) is 7.10. The maximum absolute atomic E-state index is 13.1. The number of thioether (sulfide) groups is 1. The van der Waals surface area contributed by atoms with Gasteiger partial charge in [-0.3, -0.25) is 14.0 Å². The van der Waals surface area contributed by atoms with Gasteiger partial charge in [-0.1, -0.05) is 23.9 Å². The van der Waals surface area contributed by atoms with Gasteiger partial charge in [0.2, 0.25) is 11.6 Å². The summed E-state index contributed by atoms with van der Waals surface area (Å²) in [4.78, 5) is 29.8. The average Bonchev–Trinajstić information content (AvgIpc) is 3.34. The summed E-state index contributed by atoms with van der Waals surface area (Å²) >= 11 is 1.26. The fraction of sp³-hybridized carbons (Fsp3) is 0.280. The molecule has 3 heterocycles. The number of rotatable bonds is 7. The molecule has 1 aliphatic rings. The number of hydrogen-bond donors (Lipinski definition) is 0. The minimum absolute atomic E-state index is 0.0239.